The average molecular weight is 489 g/mol. The molecule has 7 rings (SSSR count). The highest BCUT2D eigenvalue weighted by atomic mass is 16.3. The van der Waals surface area contributed by atoms with E-state index in [9.17, 15) is 5.26 Å². The summed E-state index contributed by atoms with van der Waals surface area (Å²) in [6.07, 6.45) is 0. The van der Waals surface area contributed by atoms with Gasteiger partial charge >= 0.3 is 0 Å². The molecule has 38 heavy (non-hydrogen) atoms. The number of nitriles is 1. The monoisotopic (exact) mass is 488 g/mol. The number of fused-ring (bicyclic) bond motifs is 6. The number of benzene rings is 5. The van der Waals surface area contributed by atoms with E-state index in [2.05, 4.69) is 10.9 Å². The molecule has 0 spiro atoms. The number of hydrogen-bond donors (Lipinski definition) is 0. The molecule has 4 nitrogen and oxygen atoms in total. The molecule has 0 fully saturated rings. The van der Waals surface area contributed by atoms with Crippen LogP contribution < -0.4 is 0 Å². The van der Waals surface area contributed by atoms with Gasteiger partial charge in [-0.05, 0) is 42.7 Å². The molecular formula is C34H20N2O2. The topological polar surface area (TPSA) is 54.4 Å². The van der Waals surface area contributed by atoms with Crippen molar-refractivity contribution in [3.8, 4) is 28.3 Å². The van der Waals surface area contributed by atoms with Crippen molar-refractivity contribution in [2.75, 3.05) is 0 Å². The van der Waals surface area contributed by atoms with Crippen LogP contribution in [0, 0.1) is 31.8 Å². The average Bonchev–Trinajstić information content (AvgIpc) is 3.50. The molecular weight excluding hydrogens is 468 g/mol. The Bertz CT molecular complexity index is 2020. The van der Waals surface area contributed by atoms with Gasteiger partial charge in [0.2, 0.25) is 0 Å². The lowest BCUT2D eigenvalue weighted by Gasteiger charge is -2.14. The Kier molecular flexibility index (Phi) is 4.67. The number of furan rings is 2. The Morgan fingerprint density at radius 3 is 1.76 bits per heavy atom. The van der Waals surface area contributed by atoms with Crippen LogP contribution in [0.5, 0.6) is 0 Å². The molecule has 0 N–H and O–H groups in total. The second-order valence-corrected chi connectivity index (χ2v) is 9.55. The van der Waals surface area contributed by atoms with Gasteiger partial charge < -0.3 is 8.83 Å². The van der Waals surface area contributed by atoms with Crippen LogP contribution in [-0.2, 0) is 0 Å². The quantitative estimate of drug-likeness (QED) is 0.228. The van der Waals surface area contributed by atoms with Crippen LogP contribution in [0.1, 0.15) is 16.7 Å². The van der Waals surface area contributed by atoms with Gasteiger partial charge in [0, 0.05) is 38.2 Å². The van der Waals surface area contributed by atoms with Crippen molar-refractivity contribution < 1.29 is 8.83 Å². The molecule has 0 aliphatic heterocycles. The summed E-state index contributed by atoms with van der Waals surface area (Å²) >= 11 is 0. The lowest BCUT2D eigenvalue weighted by atomic mass is 9.87. The number of rotatable bonds is 2. The summed E-state index contributed by atoms with van der Waals surface area (Å²) in [5, 5.41) is 13.8. The Hall–Kier alpha value is -5.32. The van der Waals surface area contributed by atoms with E-state index in [1.54, 1.807) is 0 Å². The van der Waals surface area contributed by atoms with E-state index < -0.39 is 0 Å². The summed E-state index contributed by atoms with van der Waals surface area (Å²) in [7, 11) is 0. The van der Waals surface area contributed by atoms with Crippen molar-refractivity contribution in [3.05, 3.63) is 113 Å². The highest BCUT2D eigenvalue weighted by Gasteiger charge is 2.28. The lowest BCUT2D eigenvalue weighted by molar-refractivity contribution is 0.665. The van der Waals surface area contributed by atoms with Gasteiger partial charge in [-0.25, -0.2) is 4.85 Å². The van der Waals surface area contributed by atoms with Crippen LogP contribution in [-0.4, -0.2) is 0 Å². The molecule has 2 aromatic heterocycles. The minimum absolute atomic E-state index is 0.585. The van der Waals surface area contributed by atoms with Gasteiger partial charge in [-0.1, -0.05) is 72.8 Å². The summed E-state index contributed by atoms with van der Waals surface area (Å²) < 4.78 is 13.3. The molecule has 0 aliphatic rings. The standard InChI is InChI=1S/C34H20N2O2/c1-19-10-8-14-21(25(19)18-35)28-29-22-12-4-6-16-26(22)38-34(29)31(24-15-9-11-20(2)32(24)36-3)30-23-13-5-7-17-27(23)37-33(28)30/h4-17H,1-2H3. The second kappa shape index (κ2) is 8.10. The van der Waals surface area contributed by atoms with Gasteiger partial charge in [-0.3, -0.25) is 0 Å². The largest absolute Gasteiger partial charge is 0.455 e. The number of nitrogens with zero attached hydrogens (tertiary/aromatic N) is 2. The van der Waals surface area contributed by atoms with Gasteiger partial charge in [0.15, 0.2) is 5.69 Å². The van der Waals surface area contributed by atoms with Gasteiger partial charge in [0.25, 0.3) is 0 Å². The van der Waals surface area contributed by atoms with Crippen LogP contribution in [0.4, 0.5) is 5.69 Å². The second-order valence-electron chi connectivity index (χ2n) is 9.55. The molecule has 0 bridgehead atoms. The van der Waals surface area contributed by atoms with Crippen molar-refractivity contribution in [2.24, 2.45) is 0 Å². The summed E-state index contributed by atoms with van der Waals surface area (Å²) in [6, 6.07) is 30.1. The Labute approximate surface area is 218 Å². The number of para-hydroxylation sites is 3. The molecule has 7 aromatic rings. The van der Waals surface area contributed by atoms with Crippen LogP contribution in [0.3, 0.4) is 0 Å². The van der Waals surface area contributed by atoms with E-state index in [4.69, 9.17) is 15.4 Å². The molecule has 0 atom stereocenters. The molecule has 0 radical (unpaired) electrons. The zero-order chi connectivity index (χ0) is 26.0. The van der Waals surface area contributed by atoms with Crippen LogP contribution >= 0.6 is 0 Å². The SMILES string of the molecule is [C-]#[N+]c1c(C)cccc1-c1c2oc3ccccc3c2c(-c2cccc(C)c2C#N)c2oc3ccccc3c12. The zero-order valence-corrected chi connectivity index (χ0v) is 20.8. The highest BCUT2D eigenvalue weighted by molar-refractivity contribution is 6.30. The molecule has 0 aliphatic carbocycles. The smallest absolute Gasteiger partial charge is 0.197 e. The Morgan fingerprint density at radius 2 is 1.18 bits per heavy atom. The van der Waals surface area contributed by atoms with E-state index in [1.165, 1.54) is 0 Å². The van der Waals surface area contributed by atoms with E-state index in [1.807, 2.05) is 98.8 Å². The fraction of sp³-hybridized carbons (Fsp3) is 0.0588. The molecule has 0 unspecified atom stereocenters. The fourth-order valence-electron chi connectivity index (χ4n) is 5.71. The third-order valence-corrected chi connectivity index (χ3v) is 7.42. The summed E-state index contributed by atoms with van der Waals surface area (Å²) in [6.45, 7) is 11.9. The zero-order valence-electron chi connectivity index (χ0n) is 20.8. The van der Waals surface area contributed by atoms with Crippen LogP contribution in [0.2, 0.25) is 0 Å². The maximum atomic E-state index is 10.2. The first-order valence-electron chi connectivity index (χ1n) is 12.4. The molecule has 5 aromatic carbocycles. The van der Waals surface area contributed by atoms with Crippen molar-refractivity contribution in [1.82, 2.24) is 0 Å². The maximum Gasteiger partial charge on any atom is 0.197 e. The first kappa shape index (κ1) is 21.9. The lowest BCUT2D eigenvalue weighted by Crippen LogP contribution is -1.92. The Morgan fingerprint density at radius 1 is 0.658 bits per heavy atom. The predicted molar refractivity (Wildman–Crippen MR) is 152 cm³/mol. The molecule has 0 saturated carbocycles. The van der Waals surface area contributed by atoms with Crippen molar-refractivity contribution in [1.29, 1.82) is 5.26 Å². The minimum atomic E-state index is 0.585. The summed E-state index contributed by atoms with van der Waals surface area (Å²) in [4.78, 5) is 3.93. The van der Waals surface area contributed by atoms with E-state index in [0.717, 1.165) is 66.1 Å². The third-order valence-electron chi connectivity index (χ3n) is 7.42. The van der Waals surface area contributed by atoms with Crippen molar-refractivity contribution in [3.63, 3.8) is 0 Å². The van der Waals surface area contributed by atoms with Gasteiger partial charge in [0.05, 0.1) is 12.1 Å². The molecule has 2 heterocycles. The third kappa shape index (κ3) is 2.89. The van der Waals surface area contributed by atoms with Crippen LogP contribution in [0.15, 0.2) is 93.8 Å². The first-order valence-corrected chi connectivity index (χ1v) is 12.4. The van der Waals surface area contributed by atoms with Crippen molar-refractivity contribution in [2.45, 2.75) is 13.8 Å². The number of aryl methyl sites for hydroxylation is 2. The van der Waals surface area contributed by atoms with E-state index in [-0.39, 0.29) is 0 Å². The van der Waals surface area contributed by atoms with Crippen LogP contribution in [0.25, 0.3) is 71.0 Å². The van der Waals surface area contributed by atoms with Gasteiger partial charge in [-0.2, -0.15) is 5.26 Å². The molecule has 178 valence electrons. The maximum absolute atomic E-state index is 10.2. The summed E-state index contributed by atoms with van der Waals surface area (Å²) in [5.74, 6) is 0. The van der Waals surface area contributed by atoms with E-state index >= 15 is 0 Å². The van der Waals surface area contributed by atoms with Gasteiger partial charge in [-0.15, -0.1) is 0 Å². The Balaban J connectivity index is 1.85. The predicted octanol–water partition coefficient (Wildman–Crippen LogP) is 9.86. The summed E-state index contributed by atoms with van der Waals surface area (Å²) in [5.41, 5.74) is 9.10. The van der Waals surface area contributed by atoms with Gasteiger partial charge in [0.1, 0.15) is 28.4 Å². The highest BCUT2D eigenvalue weighted by Crippen LogP contribution is 2.52. The van der Waals surface area contributed by atoms with E-state index in [0.29, 0.717) is 22.4 Å². The molecule has 0 saturated heterocycles. The molecule has 4 heteroatoms. The number of hydrogen-bond acceptors (Lipinski definition) is 3. The van der Waals surface area contributed by atoms with Crippen molar-refractivity contribution >= 4 is 49.6 Å². The fourth-order valence-corrected chi connectivity index (χ4v) is 5.71. The first-order chi connectivity index (χ1) is 18.6. The molecule has 0 amide bonds. The minimum Gasteiger partial charge on any atom is -0.455 e. The normalized spacial score (nSPS) is 11.4.